The molecule has 2 saturated heterocycles. The van der Waals surface area contributed by atoms with Crippen molar-refractivity contribution in [3.05, 3.63) is 30.0 Å². The van der Waals surface area contributed by atoms with Crippen molar-refractivity contribution < 1.29 is 9.32 Å². The molecule has 1 aromatic carbocycles. The summed E-state index contributed by atoms with van der Waals surface area (Å²) in [5.74, 6) is 0.151. The molecule has 2 aliphatic rings. The molecule has 4 rings (SSSR count). The van der Waals surface area contributed by atoms with Crippen molar-refractivity contribution in [2.75, 3.05) is 52.4 Å². The molecule has 0 saturated carbocycles. The number of nitrogens with zero attached hydrogens (tertiary/aromatic N) is 4. The monoisotopic (exact) mass is 342 g/mol. The fourth-order valence-corrected chi connectivity index (χ4v) is 3.83. The standard InChI is InChI=1S/C19H26N4O2/c24-19(15-17-16-5-1-2-6-18(16)25-20-17)23-13-11-22(12-14-23)10-9-21-7-3-4-8-21/h1-2,5-6H,3-4,7-15H2. The molecule has 0 aliphatic carbocycles. The first kappa shape index (κ1) is 16.5. The molecule has 0 radical (unpaired) electrons. The topological polar surface area (TPSA) is 52.8 Å². The number of piperazine rings is 1. The van der Waals surface area contributed by atoms with Gasteiger partial charge in [-0.25, -0.2) is 0 Å². The van der Waals surface area contributed by atoms with E-state index in [0.717, 1.165) is 49.4 Å². The zero-order chi connectivity index (χ0) is 17.1. The zero-order valence-corrected chi connectivity index (χ0v) is 14.7. The predicted octanol–water partition coefficient (Wildman–Crippen LogP) is 1.61. The molecule has 2 aromatic rings. The molecule has 1 amide bonds. The summed E-state index contributed by atoms with van der Waals surface area (Å²) in [5, 5.41) is 5.02. The van der Waals surface area contributed by atoms with Crippen LogP contribution < -0.4 is 0 Å². The molecule has 0 N–H and O–H groups in total. The van der Waals surface area contributed by atoms with Crippen molar-refractivity contribution in [2.45, 2.75) is 19.3 Å². The molecule has 0 bridgehead atoms. The second kappa shape index (κ2) is 7.54. The predicted molar refractivity (Wildman–Crippen MR) is 96.4 cm³/mol. The Morgan fingerprint density at radius 2 is 1.64 bits per heavy atom. The maximum atomic E-state index is 12.6. The van der Waals surface area contributed by atoms with Gasteiger partial charge in [-0.15, -0.1) is 0 Å². The highest BCUT2D eigenvalue weighted by molar-refractivity contribution is 5.86. The van der Waals surface area contributed by atoms with Crippen LogP contribution in [-0.4, -0.2) is 78.1 Å². The number of carbonyl (C=O) groups is 1. The van der Waals surface area contributed by atoms with E-state index in [1.54, 1.807) is 0 Å². The van der Waals surface area contributed by atoms with Crippen LogP contribution in [0.1, 0.15) is 18.5 Å². The van der Waals surface area contributed by atoms with E-state index in [9.17, 15) is 4.79 Å². The number of hydrogen-bond donors (Lipinski definition) is 0. The van der Waals surface area contributed by atoms with E-state index >= 15 is 0 Å². The Morgan fingerprint density at radius 3 is 2.40 bits per heavy atom. The van der Waals surface area contributed by atoms with E-state index in [4.69, 9.17) is 4.52 Å². The van der Waals surface area contributed by atoms with E-state index < -0.39 is 0 Å². The van der Waals surface area contributed by atoms with Crippen LogP contribution in [0, 0.1) is 0 Å². The van der Waals surface area contributed by atoms with Crippen LogP contribution in [0.15, 0.2) is 28.8 Å². The fraction of sp³-hybridized carbons (Fsp3) is 0.579. The lowest BCUT2D eigenvalue weighted by Gasteiger charge is -2.35. The van der Waals surface area contributed by atoms with Crippen molar-refractivity contribution in [1.29, 1.82) is 0 Å². The Hall–Kier alpha value is -1.92. The number of aromatic nitrogens is 1. The molecule has 1 aromatic heterocycles. The first-order valence-corrected chi connectivity index (χ1v) is 9.35. The van der Waals surface area contributed by atoms with Gasteiger partial charge in [-0.05, 0) is 38.1 Å². The number of likely N-dealkylation sites (tertiary alicyclic amines) is 1. The minimum Gasteiger partial charge on any atom is -0.356 e. The molecule has 3 heterocycles. The van der Waals surface area contributed by atoms with Gasteiger partial charge < -0.3 is 14.3 Å². The zero-order valence-electron chi connectivity index (χ0n) is 14.7. The van der Waals surface area contributed by atoms with Gasteiger partial charge in [0.15, 0.2) is 5.58 Å². The van der Waals surface area contributed by atoms with Crippen LogP contribution in [0.4, 0.5) is 0 Å². The third-order valence-electron chi connectivity index (χ3n) is 5.43. The largest absolute Gasteiger partial charge is 0.356 e. The van der Waals surface area contributed by atoms with Gasteiger partial charge in [0, 0.05) is 44.7 Å². The van der Waals surface area contributed by atoms with E-state index in [2.05, 4.69) is 15.0 Å². The highest BCUT2D eigenvalue weighted by Crippen LogP contribution is 2.19. The summed E-state index contributed by atoms with van der Waals surface area (Å²) in [4.78, 5) is 19.6. The quantitative estimate of drug-likeness (QED) is 0.826. The number of fused-ring (bicyclic) bond motifs is 1. The Labute approximate surface area is 148 Å². The Balaban J connectivity index is 1.26. The van der Waals surface area contributed by atoms with Gasteiger partial charge in [0.05, 0.1) is 6.42 Å². The maximum absolute atomic E-state index is 12.6. The van der Waals surface area contributed by atoms with E-state index in [-0.39, 0.29) is 5.91 Å². The third-order valence-corrected chi connectivity index (χ3v) is 5.43. The number of rotatable bonds is 5. The van der Waals surface area contributed by atoms with E-state index in [1.807, 2.05) is 29.2 Å². The molecular weight excluding hydrogens is 316 g/mol. The van der Waals surface area contributed by atoms with E-state index in [0.29, 0.717) is 6.42 Å². The van der Waals surface area contributed by atoms with Crippen LogP contribution in [0.5, 0.6) is 0 Å². The second-order valence-electron chi connectivity index (χ2n) is 7.07. The van der Waals surface area contributed by atoms with Crippen molar-refractivity contribution in [3.63, 3.8) is 0 Å². The SMILES string of the molecule is O=C(Cc1noc2ccccc12)N1CCN(CCN2CCCC2)CC1. The fourth-order valence-electron chi connectivity index (χ4n) is 3.83. The molecule has 134 valence electrons. The molecule has 6 nitrogen and oxygen atoms in total. The summed E-state index contributed by atoms with van der Waals surface area (Å²) in [6.07, 6.45) is 3.02. The van der Waals surface area contributed by atoms with Crippen LogP contribution in [0.25, 0.3) is 11.0 Å². The van der Waals surface area contributed by atoms with Crippen LogP contribution in [0.3, 0.4) is 0 Å². The van der Waals surface area contributed by atoms with Gasteiger partial charge in [0.1, 0.15) is 5.69 Å². The first-order chi connectivity index (χ1) is 12.3. The molecule has 0 atom stereocenters. The first-order valence-electron chi connectivity index (χ1n) is 9.35. The molecule has 0 unspecified atom stereocenters. The number of hydrogen-bond acceptors (Lipinski definition) is 5. The highest BCUT2D eigenvalue weighted by Gasteiger charge is 2.23. The highest BCUT2D eigenvalue weighted by atomic mass is 16.5. The van der Waals surface area contributed by atoms with Crippen molar-refractivity contribution in [3.8, 4) is 0 Å². The number of carbonyl (C=O) groups excluding carboxylic acids is 1. The summed E-state index contributed by atoms with van der Waals surface area (Å²) >= 11 is 0. The van der Waals surface area contributed by atoms with E-state index in [1.165, 1.54) is 32.5 Å². The van der Waals surface area contributed by atoms with Gasteiger partial charge in [-0.3, -0.25) is 9.69 Å². The average Bonchev–Trinajstić information content (AvgIpc) is 3.31. The Morgan fingerprint density at radius 1 is 0.960 bits per heavy atom. The van der Waals surface area contributed by atoms with Crippen LogP contribution in [-0.2, 0) is 11.2 Å². The van der Waals surface area contributed by atoms with Crippen LogP contribution >= 0.6 is 0 Å². The lowest BCUT2D eigenvalue weighted by molar-refractivity contribution is -0.132. The van der Waals surface area contributed by atoms with Gasteiger partial charge in [-0.1, -0.05) is 17.3 Å². The van der Waals surface area contributed by atoms with Crippen molar-refractivity contribution in [2.24, 2.45) is 0 Å². The Kier molecular flexibility index (Phi) is 4.99. The normalized spacial score (nSPS) is 19.8. The smallest absolute Gasteiger partial charge is 0.228 e. The summed E-state index contributed by atoms with van der Waals surface area (Å²) < 4.78 is 5.30. The average molecular weight is 342 g/mol. The minimum absolute atomic E-state index is 0.151. The number of para-hydroxylation sites is 1. The molecule has 25 heavy (non-hydrogen) atoms. The molecule has 6 heteroatoms. The van der Waals surface area contributed by atoms with Crippen molar-refractivity contribution >= 4 is 16.9 Å². The van der Waals surface area contributed by atoms with Gasteiger partial charge in [-0.2, -0.15) is 0 Å². The third kappa shape index (κ3) is 3.85. The summed E-state index contributed by atoms with van der Waals surface area (Å²) in [5.41, 5.74) is 1.49. The lowest BCUT2D eigenvalue weighted by atomic mass is 10.1. The molecular formula is C19H26N4O2. The maximum Gasteiger partial charge on any atom is 0.228 e. The van der Waals surface area contributed by atoms with Gasteiger partial charge >= 0.3 is 0 Å². The number of amides is 1. The second-order valence-corrected chi connectivity index (χ2v) is 7.07. The van der Waals surface area contributed by atoms with Gasteiger partial charge in [0.25, 0.3) is 0 Å². The summed E-state index contributed by atoms with van der Waals surface area (Å²) in [7, 11) is 0. The van der Waals surface area contributed by atoms with Crippen LogP contribution in [0.2, 0.25) is 0 Å². The Bertz CT molecular complexity index is 715. The molecule has 2 fully saturated rings. The van der Waals surface area contributed by atoms with Gasteiger partial charge in [0.2, 0.25) is 5.91 Å². The summed E-state index contributed by atoms with van der Waals surface area (Å²) in [6, 6.07) is 7.72. The molecule has 0 spiro atoms. The molecule has 2 aliphatic heterocycles. The lowest BCUT2D eigenvalue weighted by Crippen LogP contribution is -2.50. The van der Waals surface area contributed by atoms with Crippen molar-refractivity contribution in [1.82, 2.24) is 19.9 Å². The number of benzene rings is 1. The minimum atomic E-state index is 0.151. The summed E-state index contributed by atoms with van der Waals surface area (Å²) in [6.45, 7) is 8.37.